The highest BCUT2D eigenvalue weighted by atomic mass is 32.1. The minimum Gasteiger partial charge on any atom is -0.484 e. The van der Waals surface area contributed by atoms with E-state index in [2.05, 4.69) is 24.1 Å². The molecular weight excluding hydrogens is 384 g/mol. The Hall–Kier alpha value is -2.99. The van der Waals surface area contributed by atoms with Gasteiger partial charge in [0.05, 0.1) is 10.6 Å². The molecule has 0 aliphatic heterocycles. The Morgan fingerprint density at radius 3 is 2.41 bits per heavy atom. The largest absolute Gasteiger partial charge is 0.484 e. The number of benzene rings is 2. The van der Waals surface area contributed by atoms with Crippen molar-refractivity contribution in [2.45, 2.75) is 33.6 Å². The molecule has 0 fully saturated rings. The Morgan fingerprint density at radius 2 is 1.79 bits per heavy atom. The van der Waals surface area contributed by atoms with Gasteiger partial charge in [0.15, 0.2) is 12.4 Å². The first kappa shape index (κ1) is 20.7. The number of amides is 1. The maximum Gasteiger partial charge on any atom is 0.262 e. The molecule has 0 spiro atoms. The second kappa shape index (κ2) is 9.01. The summed E-state index contributed by atoms with van der Waals surface area (Å²) in [5.74, 6) is 0.735. The van der Waals surface area contributed by atoms with Crippen LogP contribution in [0.4, 0.5) is 5.69 Å². The molecule has 150 valence electrons. The summed E-state index contributed by atoms with van der Waals surface area (Å²) in [6, 6.07) is 15.1. The van der Waals surface area contributed by atoms with E-state index < -0.39 is 0 Å². The van der Waals surface area contributed by atoms with Crippen molar-refractivity contribution in [2.75, 3.05) is 11.9 Å². The number of aromatic nitrogens is 1. The summed E-state index contributed by atoms with van der Waals surface area (Å²) in [5, 5.41) is 3.71. The number of carbonyl (C=O) groups is 2. The van der Waals surface area contributed by atoms with E-state index in [1.807, 2.05) is 43.3 Å². The van der Waals surface area contributed by atoms with Gasteiger partial charge in [0.2, 0.25) is 0 Å². The van der Waals surface area contributed by atoms with Gasteiger partial charge in [-0.2, -0.15) is 0 Å². The van der Waals surface area contributed by atoms with Crippen LogP contribution in [0.1, 0.15) is 47.6 Å². The minimum absolute atomic E-state index is 0.0243. The lowest BCUT2D eigenvalue weighted by Crippen LogP contribution is -2.21. The molecule has 1 amide bonds. The fourth-order valence-corrected chi connectivity index (χ4v) is 3.96. The number of anilines is 1. The van der Waals surface area contributed by atoms with Gasteiger partial charge in [0.25, 0.3) is 5.91 Å². The van der Waals surface area contributed by atoms with Crippen molar-refractivity contribution in [3.63, 3.8) is 0 Å². The van der Waals surface area contributed by atoms with E-state index in [1.54, 1.807) is 19.1 Å². The Morgan fingerprint density at radius 1 is 1.10 bits per heavy atom. The number of nitrogens with zero attached hydrogens (tertiary/aromatic N) is 1. The summed E-state index contributed by atoms with van der Waals surface area (Å²) in [5.41, 5.74) is 3.56. The third-order valence-electron chi connectivity index (χ3n) is 4.44. The number of nitrogens with one attached hydrogen (secondary N) is 1. The lowest BCUT2D eigenvalue weighted by atomic mass is 10.0. The van der Waals surface area contributed by atoms with Crippen molar-refractivity contribution in [3.05, 3.63) is 64.7 Å². The molecule has 0 aliphatic rings. The van der Waals surface area contributed by atoms with Crippen LogP contribution in [0.3, 0.4) is 0 Å². The number of aryl methyl sites for hydroxylation is 1. The highest BCUT2D eigenvalue weighted by Crippen LogP contribution is 2.29. The van der Waals surface area contributed by atoms with E-state index in [-0.39, 0.29) is 18.3 Å². The average molecular weight is 409 g/mol. The first-order valence-electron chi connectivity index (χ1n) is 9.45. The highest BCUT2D eigenvalue weighted by molar-refractivity contribution is 7.17. The number of carbonyl (C=O) groups excluding carboxylic acids is 2. The number of Topliss-reactive ketones (excluding diaryl/α,β-unsaturated/α-hetero) is 1. The molecule has 0 aliphatic carbocycles. The Bertz CT molecular complexity index is 1020. The van der Waals surface area contributed by atoms with Crippen molar-refractivity contribution in [2.24, 2.45) is 0 Å². The predicted octanol–water partition coefficient (Wildman–Crippen LogP) is 5.46. The van der Waals surface area contributed by atoms with Crippen molar-refractivity contribution in [1.82, 2.24) is 4.98 Å². The number of hydrogen-bond acceptors (Lipinski definition) is 5. The zero-order chi connectivity index (χ0) is 21.0. The SMILES string of the molecule is CC(=O)c1sc(-c2ccc(OCC(=O)Nc3ccccc3C(C)C)cc2)nc1C. The fraction of sp³-hybridized carbons (Fsp3) is 0.261. The lowest BCUT2D eigenvalue weighted by molar-refractivity contribution is -0.118. The third-order valence-corrected chi connectivity index (χ3v) is 5.75. The van der Waals surface area contributed by atoms with E-state index in [4.69, 9.17) is 4.74 Å². The van der Waals surface area contributed by atoms with Gasteiger partial charge in [-0.3, -0.25) is 9.59 Å². The second-order valence-corrected chi connectivity index (χ2v) is 8.09. The topological polar surface area (TPSA) is 68.3 Å². The molecule has 0 saturated carbocycles. The molecule has 3 aromatic rings. The maximum atomic E-state index is 12.3. The monoisotopic (exact) mass is 408 g/mol. The maximum absolute atomic E-state index is 12.3. The van der Waals surface area contributed by atoms with Crippen molar-refractivity contribution in [3.8, 4) is 16.3 Å². The van der Waals surface area contributed by atoms with Crippen LogP contribution in [0, 0.1) is 6.92 Å². The van der Waals surface area contributed by atoms with Crippen molar-refractivity contribution in [1.29, 1.82) is 0 Å². The van der Waals surface area contributed by atoms with Crippen LogP contribution in [-0.4, -0.2) is 23.3 Å². The van der Waals surface area contributed by atoms with E-state index in [9.17, 15) is 9.59 Å². The molecule has 2 aromatic carbocycles. The molecular formula is C23H24N2O3S. The molecule has 0 saturated heterocycles. The minimum atomic E-state index is -0.205. The average Bonchev–Trinajstić information content (AvgIpc) is 3.09. The molecule has 0 atom stereocenters. The molecule has 1 N–H and O–H groups in total. The molecule has 6 heteroatoms. The Balaban J connectivity index is 1.61. The van der Waals surface area contributed by atoms with Gasteiger partial charge in [-0.15, -0.1) is 11.3 Å². The second-order valence-electron chi connectivity index (χ2n) is 7.09. The van der Waals surface area contributed by atoms with Crippen LogP contribution in [0.15, 0.2) is 48.5 Å². The van der Waals surface area contributed by atoms with Crippen molar-refractivity contribution >= 4 is 28.7 Å². The van der Waals surface area contributed by atoms with E-state index in [0.29, 0.717) is 16.5 Å². The normalized spacial score (nSPS) is 10.8. The molecule has 1 heterocycles. The van der Waals surface area contributed by atoms with Gasteiger partial charge in [0, 0.05) is 18.2 Å². The zero-order valence-electron chi connectivity index (χ0n) is 17.0. The first-order chi connectivity index (χ1) is 13.8. The van der Waals surface area contributed by atoms with Crippen LogP contribution >= 0.6 is 11.3 Å². The number of thiazole rings is 1. The standard InChI is InChI=1S/C23H24N2O3S/c1-14(2)19-7-5-6-8-20(19)25-21(27)13-28-18-11-9-17(10-12-18)23-24-15(3)22(29-23)16(4)26/h5-12,14H,13H2,1-4H3,(H,25,27). The third kappa shape index (κ3) is 5.09. The molecule has 0 unspecified atom stereocenters. The number of rotatable bonds is 7. The van der Waals surface area contributed by atoms with Gasteiger partial charge in [0.1, 0.15) is 10.8 Å². The summed E-state index contributed by atoms with van der Waals surface area (Å²) in [4.78, 5) is 29.0. The van der Waals surface area contributed by atoms with Crippen molar-refractivity contribution < 1.29 is 14.3 Å². The van der Waals surface area contributed by atoms with Gasteiger partial charge < -0.3 is 10.1 Å². The molecule has 3 rings (SSSR count). The van der Waals surface area contributed by atoms with E-state index >= 15 is 0 Å². The number of hydrogen-bond donors (Lipinski definition) is 1. The fourth-order valence-electron chi connectivity index (χ4n) is 2.99. The van der Waals surface area contributed by atoms with E-state index in [1.165, 1.54) is 11.3 Å². The quantitative estimate of drug-likeness (QED) is 0.527. The lowest BCUT2D eigenvalue weighted by Gasteiger charge is -2.14. The zero-order valence-corrected chi connectivity index (χ0v) is 17.8. The molecule has 0 bridgehead atoms. The Labute approximate surface area is 174 Å². The van der Waals surface area contributed by atoms with E-state index in [0.717, 1.165) is 27.5 Å². The Kier molecular flexibility index (Phi) is 6.44. The van der Waals surface area contributed by atoms with Gasteiger partial charge in [-0.25, -0.2) is 4.98 Å². The summed E-state index contributed by atoms with van der Waals surface area (Å²) in [7, 11) is 0. The number of ketones is 1. The van der Waals surface area contributed by atoms with Gasteiger partial charge in [-0.1, -0.05) is 32.0 Å². The smallest absolute Gasteiger partial charge is 0.262 e. The predicted molar refractivity (Wildman–Crippen MR) is 117 cm³/mol. The summed E-state index contributed by atoms with van der Waals surface area (Å²) < 4.78 is 5.62. The van der Waals surface area contributed by atoms with Crippen LogP contribution in [-0.2, 0) is 4.79 Å². The molecule has 5 nitrogen and oxygen atoms in total. The van der Waals surface area contributed by atoms with Crippen LogP contribution in [0.5, 0.6) is 5.75 Å². The van der Waals surface area contributed by atoms with Crippen LogP contribution in [0.2, 0.25) is 0 Å². The number of para-hydroxylation sites is 1. The molecule has 0 radical (unpaired) electrons. The van der Waals surface area contributed by atoms with Crippen LogP contribution < -0.4 is 10.1 Å². The van der Waals surface area contributed by atoms with Gasteiger partial charge in [-0.05, 0) is 48.7 Å². The van der Waals surface area contributed by atoms with Crippen LogP contribution in [0.25, 0.3) is 10.6 Å². The van der Waals surface area contributed by atoms with Gasteiger partial charge >= 0.3 is 0 Å². The summed E-state index contributed by atoms with van der Waals surface area (Å²) in [6.45, 7) is 7.49. The number of ether oxygens (including phenoxy) is 1. The molecule has 1 aromatic heterocycles. The molecule has 29 heavy (non-hydrogen) atoms. The summed E-state index contributed by atoms with van der Waals surface area (Å²) >= 11 is 1.38. The summed E-state index contributed by atoms with van der Waals surface area (Å²) in [6.07, 6.45) is 0. The first-order valence-corrected chi connectivity index (χ1v) is 10.3. The highest BCUT2D eigenvalue weighted by Gasteiger charge is 2.13.